The zero-order valence-electron chi connectivity index (χ0n) is 20.4. The standard InChI is InChI=1S/C24H26N8O4S/c1-29-22-20(23(35)30(2)24(29)36)31(14-26-22)10-19(34)27-21-16-12-37-13-17(16)28-32(21)11-18(33)25-9-8-15-6-4-3-5-7-15/h3-7,14H,8-13H2,1-2H3,(H,25,33)(H,27,34). The number of carbonyl (C=O) groups is 2. The molecule has 4 heterocycles. The van der Waals surface area contributed by atoms with Gasteiger partial charge in [0.1, 0.15) is 18.9 Å². The molecule has 2 N–H and O–H groups in total. The van der Waals surface area contributed by atoms with Gasteiger partial charge < -0.3 is 15.2 Å². The van der Waals surface area contributed by atoms with Gasteiger partial charge >= 0.3 is 5.69 Å². The third-order valence-electron chi connectivity index (χ3n) is 6.28. The van der Waals surface area contributed by atoms with Gasteiger partial charge in [-0.05, 0) is 12.0 Å². The summed E-state index contributed by atoms with van der Waals surface area (Å²) in [5.41, 5.74) is 2.21. The fraction of sp³-hybridized carbons (Fsp3) is 0.333. The minimum absolute atomic E-state index is 0.0290. The van der Waals surface area contributed by atoms with Crippen LogP contribution in [0.5, 0.6) is 0 Å². The van der Waals surface area contributed by atoms with Crippen molar-refractivity contribution < 1.29 is 9.59 Å². The van der Waals surface area contributed by atoms with Crippen LogP contribution in [0, 0.1) is 0 Å². The average molecular weight is 523 g/mol. The highest BCUT2D eigenvalue weighted by Crippen LogP contribution is 2.34. The van der Waals surface area contributed by atoms with Crippen molar-refractivity contribution >= 4 is 40.6 Å². The van der Waals surface area contributed by atoms with Crippen molar-refractivity contribution in [3.63, 3.8) is 0 Å². The number of fused-ring (bicyclic) bond motifs is 2. The molecule has 5 rings (SSSR count). The quantitative estimate of drug-likeness (QED) is 0.341. The molecule has 1 aliphatic rings. The van der Waals surface area contributed by atoms with E-state index in [4.69, 9.17) is 0 Å². The van der Waals surface area contributed by atoms with Gasteiger partial charge in [0.15, 0.2) is 11.2 Å². The number of imidazole rings is 1. The number of hydrogen-bond donors (Lipinski definition) is 2. The number of anilines is 1. The first-order valence-electron chi connectivity index (χ1n) is 11.7. The maximum Gasteiger partial charge on any atom is 0.332 e. The summed E-state index contributed by atoms with van der Waals surface area (Å²) < 4.78 is 5.18. The Morgan fingerprint density at radius 1 is 1.03 bits per heavy atom. The Kier molecular flexibility index (Phi) is 6.70. The summed E-state index contributed by atoms with van der Waals surface area (Å²) in [6.07, 6.45) is 2.08. The Bertz CT molecular complexity index is 1620. The molecule has 4 aromatic rings. The fourth-order valence-corrected chi connectivity index (χ4v) is 5.38. The van der Waals surface area contributed by atoms with Crippen molar-refractivity contribution in [2.24, 2.45) is 14.1 Å². The summed E-state index contributed by atoms with van der Waals surface area (Å²) in [5, 5.41) is 10.3. The van der Waals surface area contributed by atoms with Crippen LogP contribution < -0.4 is 21.9 Å². The van der Waals surface area contributed by atoms with Crippen LogP contribution in [-0.2, 0) is 54.7 Å². The SMILES string of the molecule is Cn1c(=O)c2c(ncn2CC(=O)Nc2c3c(nn2CC(=O)NCCc2ccccc2)CSC3)n(C)c1=O. The van der Waals surface area contributed by atoms with Crippen molar-refractivity contribution in [1.29, 1.82) is 0 Å². The van der Waals surface area contributed by atoms with E-state index in [1.165, 1.54) is 34.2 Å². The first kappa shape index (κ1) is 24.6. The van der Waals surface area contributed by atoms with Crippen LogP contribution in [0.1, 0.15) is 16.8 Å². The number of aromatic nitrogens is 6. The molecule has 37 heavy (non-hydrogen) atoms. The van der Waals surface area contributed by atoms with Crippen LogP contribution in [0.2, 0.25) is 0 Å². The molecule has 1 aromatic carbocycles. The minimum atomic E-state index is -0.530. The highest BCUT2D eigenvalue weighted by molar-refractivity contribution is 7.98. The topological polar surface area (TPSA) is 138 Å². The van der Waals surface area contributed by atoms with E-state index in [-0.39, 0.29) is 30.2 Å². The summed E-state index contributed by atoms with van der Waals surface area (Å²) in [4.78, 5) is 54.7. The van der Waals surface area contributed by atoms with Gasteiger partial charge in [-0.15, -0.1) is 0 Å². The average Bonchev–Trinajstić information content (AvgIpc) is 3.59. The first-order chi connectivity index (χ1) is 17.8. The Labute approximate surface area is 215 Å². The second-order valence-electron chi connectivity index (χ2n) is 8.81. The van der Waals surface area contributed by atoms with Crippen molar-refractivity contribution in [3.8, 4) is 0 Å². The Hall–Kier alpha value is -4.13. The number of carbonyl (C=O) groups excluding carboxylic acids is 2. The number of rotatable bonds is 8. The maximum absolute atomic E-state index is 13.1. The Morgan fingerprint density at radius 2 is 1.81 bits per heavy atom. The van der Waals surface area contributed by atoms with Gasteiger partial charge in [-0.1, -0.05) is 30.3 Å². The third kappa shape index (κ3) is 4.81. The molecule has 1 aliphatic heterocycles. The van der Waals surface area contributed by atoms with Gasteiger partial charge in [0.05, 0.1) is 12.0 Å². The number of aryl methyl sites for hydroxylation is 1. The van der Waals surface area contributed by atoms with Crippen molar-refractivity contribution in [3.05, 3.63) is 74.3 Å². The predicted molar refractivity (Wildman–Crippen MR) is 139 cm³/mol. The van der Waals surface area contributed by atoms with Crippen molar-refractivity contribution in [2.45, 2.75) is 31.0 Å². The lowest BCUT2D eigenvalue weighted by molar-refractivity contribution is -0.122. The van der Waals surface area contributed by atoms with Crippen molar-refractivity contribution in [1.82, 2.24) is 33.8 Å². The highest BCUT2D eigenvalue weighted by atomic mass is 32.2. The molecule has 0 unspecified atom stereocenters. The summed E-state index contributed by atoms with van der Waals surface area (Å²) in [6.45, 7) is 0.269. The number of nitrogens with one attached hydrogen (secondary N) is 2. The molecule has 192 valence electrons. The lowest BCUT2D eigenvalue weighted by Crippen LogP contribution is -2.38. The van der Waals surface area contributed by atoms with Crippen LogP contribution in [0.15, 0.2) is 46.2 Å². The van der Waals surface area contributed by atoms with Gasteiger partial charge in [-0.3, -0.25) is 23.5 Å². The second kappa shape index (κ2) is 10.1. The van der Waals surface area contributed by atoms with Crippen molar-refractivity contribution in [2.75, 3.05) is 11.9 Å². The zero-order valence-corrected chi connectivity index (χ0v) is 21.2. The van der Waals surface area contributed by atoms with E-state index in [1.807, 2.05) is 30.3 Å². The number of thioether (sulfide) groups is 1. The second-order valence-corrected chi connectivity index (χ2v) is 9.79. The Balaban J connectivity index is 1.30. The molecule has 0 radical (unpaired) electrons. The molecule has 0 fully saturated rings. The molecule has 2 amide bonds. The fourth-order valence-electron chi connectivity index (χ4n) is 4.35. The van der Waals surface area contributed by atoms with E-state index < -0.39 is 17.2 Å². The van der Waals surface area contributed by atoms with E-state index in [0.29, 0.717) is 30.3 Å². The maximum atomic E-state index is 13.1. The summed E-state index contributed by atoms with van der Waals surface area (Å²) in [6, 6.07) is 9.88. The van der Waals surface area contributed by atoms with E-state index in [1.54, 1.807) is 11.8 Å². The molecular formula is C24H26N8O4S. The molecule has 0 aliphatic carbocycles. The molecule has 3 aromatic heterocycles. The van der Waals surface area contributed by atoms with Gasteiger partial charge in [-0.25, -0.2) is 14.5 Å². The number of benzene rings is 1. The van der Waals surface area contributed by atoms with Crippen LogP contribution in [-0.4, -0.2) is 46.8 Å². The van der Waals surface area contributed by atoms with Crippen LogP contribution in [0.4, 0.5) is 5.82 Å². The molecule has 0 saturated carbocycles. The molecule has 0 atom stereocenters. The smallest absolute Gasteiger partial charge is 0.332 e. The minimum Gasteiger partial charge on any atom is -0.354 e. The lowest BCUT2D eigenvalue weighted by atomic mass is 10.1. The van der Waals surface area contributed by atoms with E-state index in [9.17, 15) is 19.2 Å². The third-order valence-corrected chi connectivity index (χ3v) is 7.25. The predicted octanol–water partition coefficient (Wildman–Crippen LogP) is 0.375. The van der Waals surface area contributed by atoms with E-state index in [2.05, 4.69) is 20.7 Å². The largest absolute Gasteiger partial charge is 0.354 e. The van der Waals surface area contributed by atoms with Gasteiger partial charge in [0, 0.05) is 37.7 Å². The molecule has 0 bridgehead atoms. The molecule has 0 saturated heterocycles. The number of hydrogen-bond acceptors (Lipinski definition) is 7. The van der Waals surface area contributed by atoms with Gasteiger partial charge in [0.2, 0.25) is 11.8 Å². The van der Waals surface area contributed by atoms with E-state index in [0.717, 1.165) is 21.4 Å². The normalized spacial score (nSPS) is 12.6. The molecule has 13 heteroatoms. The van der Waals surface area contributed by atoms with Crippen LogP contribution in [0.25, 0.3) is 11.2 Å². The molecular weight excluding hydrogens is 496 g/mol. The highest BCUT2D eigenvalue weighted by Gasteiger charge is 2.25. The van der Waals surface area contributed by atoms with Crippen LogP contribution in [0.3, 0.4) is 0 Å². The van der Waals surface area contributed by atoms with Crippen LogP contribution >= 0.6 is 11.8 Å². The summed E-state index contributed by atoms with van der Waals surface area (Å²) >= 11 is 1.68. The van der Waals surface area contributed by atoms with Gasteiger partial charge in [-0.2, -0.15) is 16.9 Å². The molecule has 12 nitrogen and oxygen atoms in total. The lowest BCUT2D eigenvalue weighted by Gasteiger charge is -2.12. The summed E-state index contributed by atoms with van der Waals surface area (Å²) in [5.74, 6) is 1.26. The van der Waals surface area contributed by atoms with E-state index >= 15 is 0 Å². The number of nitrogens with zero attached hydrogens (tertiary/aromatic N) is 6. The molecule has 0 spiro atoms. The number of amides is 2. The Morgan fingerprint density at radius 3 is 2.59 bits per heavy atom. The zero-order chi connectivity index (χ0) is 26.1. The van der Waals surface area contributed by atoms with Gasteiger partial charge in [0.25, 0.3) is 5.56 Å². The monoisotopic (exact) mass is 522 g/mol. The first-order valence-corrected chi connectivity index (χ1v) is 12.9. The summed E-state index contributed by atoms with van der Waals surface area (Å²) in [7, 11) is 2.90.